The molecule has 0 fully saturated rings. The van der Waals surface area contributed by atoms with E-state index in [0.29, 0.717) is 6.61 Å². The Labute approximate surface area is 113 Å². The van der Waals surface area contributed by atoms with Gasteiger partial charge in [0.2, 0.25) is 0 Å². The number of hydrogen-bond acceptors (Lipinski definition) is 3. The molecule has 102 valence electrons. The van der Waals surface area contributed by atoms with E-state index in [2.05, 4.69) is 5.10 Å². The van der Waals surface area contributed by atoms with Crippen LogP contribution in [0.5, 0.6) is 0 Å². The van der Waals surface area contributed by atoms with E-state index in [1.165, 1.54) is 0 Å². The second-order valence-electron chi connectivity index (χ2n) is 4.30. The zero-order valence-corrected chi connectivity index (χ0v) is 11.4. The third kappa shape index (κ3) is 3.03. The molecule has 19 heavy (non-hydrogen) atoms. The number of aromatic nitrogens is 2. The third-order valence-corrected chi connectivity index (χ3v) is 3.11. The maximum Gasteiger partial charge on any atom is 0.126 e. The summed E-state index contributed by atoms with van der Waals surface area (Å²) in [5, 5.41) is 14.8. The Morgan fingerprint density at radius 2 is 1.95 bits per heavy atom. The minimum absolute atomic E-state index is 0.367. The number of hydrogen-bond donors (Lipinski definition) is 1. The summed E-state index contributed by atoms with van der Waals surface area (Å²) in [4.78, 5) is 0. The third-order valence-electron chi connectivity index (χ3n) is 3.11. The van der Waals surface area contributed by atoms with Gasteiger partial charge in [-0.15, -0.1) is 0 Å². The minimum atomic E-state index is -0.718. The molecule has 0 aliphatic rings. The average molecular weight is 260 g/mol. The number of aliphatic hydroxyl groups is 1. The number of aryl methyl sites for hydroxylation is 1. The van der Waals surface area contributed by atoms with Crippen molar-refractivity contribution in [1.82, 2.24) is 9.78 Å². The highest BCUT2D eigenvalue weighted by molar-refractivity contribution is 5.21. The molecule has 2 aromatic rings. The van der Waals surface area contributed by atoms with Gasteiger partial charge in [0.1, 0.15) is 12.2 Å². The molecule has 1 aromatic heterocycles. The van der Waals surface area contributed by atoms with Crippen LogP contribution < -0.4 is 0 Å². The summed E-state index contributed by atoms with van der Waals surface area (Å²) in [7, 11) is 0. The van der Waals surface area contributed by atoms with Crippen LogP contribution in [0.2, 0.25) is 0 Å². The van der Waals surface area contributed by atoms with Gasteiger partial charge in [0.15, 0.2) is 0 Å². The summed E-state index contributed by atoms with van der Waals surface area (Å²) in [6.45, 7) is 5.21. The fourth-order valence-corrected chi connectivity index (χ4v) is 2.21. The summed E-state index contributed by atoms with van der Waals surface area (Å²) in [5.74, 6) is 0. The minimum Gasteiger partial charge on any atom is -0.384 e. The van der Waals surface area contributed by atoms with Crippen molar-refractivity contribution in [2.45, 2.75) is 32.6 Å². The lowest BCUT2D eigenvalue weighted by Gasteiger charge is -2.23. The lowest BCUT2D eigenvalue weighted by molar-refractivity contribution is -0.0397. The van der Waals surface area contributed by atoms with Crippen LogP contribution in [0.25, 0.3) is 0 Å². The molecule has 0 aliphatic carbocycles. The van der Waals surface area contributed by atoms with Crippen LogP contribution in [0.3, 0.4) is 0 Å². The van der Waals surface area contributed by atoms with Crippen LogP contribution in [0, 0.1) is 0 Å². The monoisotopic (exact) mass is 260 g/mol. The van der Waals surface area contributed by atoms with E-state index in [0.717, 1.165) is 17.8 Å². The highest BCUT2D eigenvalue weighted by Gasteiger charge is 2.25. The van der Waals surface area contributed by atoms with Crippen molar-refractivity contribution in [2.75, 3.05) is 6.61 Å². The van der Waals surface area contributed by atoms with Crippen molar-refractivity contribution in [3.8, 4) is 0 Å². The number of rotatable bonds is 6. The molecule has 1 heterocycles. The second-order valence-corrected chi connectivity index (χ2v) is 4.30. The van der Waals surface area contributed by atoms with Crippen LogP contribution >= 0.6 is 0 Å². The molecule has 4 nitrogen and oxygen atoms in total. The van der Waals surface area contributed by atoms with Gasteiger partial charge in [-0.2, -0.15) is 5.10 Å². The van der Waals surface area contributed by atoms with Gasteiger partial charge in [0.05, 0.1) is 5.69 Å². The van der Waals surface area contributed by atoms with Crippen LogP contribution in [0.4, 0.5) is 0 Å². The Hall–Kier alpha value is -1.65. The van der Waals surface area contributed by atoms with Crippen molar-refractivity contribution >= 4 is 0 Å². The highest BCUT2D eigenvalue weighted by atomic mass is 16.5. The van der Waals surface area contributed by atoms with Gasteiger partial charge in [-0.05, 0) is 25.5 Å². The first-order valence-corrected chi connectivity index (χ1v) is 6.64. The summed E-state index contributed by atoms with van der Waals surface area (Å²) < 4.78 is 7.51. The predicted molar refractivity (Wildman–Crippen MR) is 73.7 cm³/mol. The smallest absolute Gasteiger partial charge is 0.126 e. The number of benzene rings is 1. The molecule has 0 saturated carbocycles. The van der Waals surface area contributed by atoms with Gasteiger partial charge in [0.25, 0.3) is 0 Å². The molecule has 0 aliphatic heterocycles. The maximum atomic E-state index is 10.6. The van der Waals surface area contributed by atoms with Crippen molar-refractivity contribution in [3.63, 3.8) is 0 Å². The van der Waals surface area contributed by atoms with E-state index >= 15 is 0 Å². The summed E-state index contributed by atoms with van der Waals surface area (Å²) in [6, 6.07) is 11.6. The van der Waals surface area contributed by atoms with Gasteiger partial charge in [-0.1, -0.05) is 30.3 Å². The largest absolute Gasteiger partial charge is 0.384 e. The van der Waals surface area contributed by atoms with E-state index in [1.807, 2.05) is 50.2 Å². The van der Waals surface area contributed by atoms with Crippen molar-refractivity contribution in [2.24, 2.45) is 0 Å². The van der Waals surface area contributed by atoms with Crippen LogP contribution in [0.1, 0.15) is 37.3 Å². The molecule has 1 aromatic carbocycles. The molecule has 0 bridgehead atoms. The summed E-state index contributed by atoms with van der Waals surface area (Å²) in [5.41, 5.74) is 1.76. The van der Waals surface area contributed by atoms with Gasteiger partial charge in [0, 0.05) is 19.3 Å². The highest BCUT2D eigenvalue weighted by Crippen LogP contribution is 2.31. The van der Waals surface area contributed by atoms with Crippen LogP contribution in [-0.2, 0) is 11.3 Å². The van der Waals surface area contributed by atoms with E-state index in [9.17, 15) is 5.11 Å². The van der Waals surface area contributed by atoms with E-state index in [1.54, 1.807) is 10.9 Å². The number of aliphatic hydroxyl groups excluding tert-OH is 1. The standard InChI is InChI=1S/C15H20N2O2/c1-3-17-13(10-11-16-17)14(18)15(19-4-2)12-8-6-5-7-9-12/h5-11,14-15,18H,3-4H2,1-2H3. The predicted octanol–water partition coefficient (Wildman–Crippen LogP) is 2.71. The molecule has 2 rings (SSSR count). The quantitative estimate of drug-likeness (QED) is 0.868. The normalized spacial score (nSPS) is 14.3. The fraction of sp³-hybridized carbons (Fsp3) is 0.400. The first-order valence-electron chi connectivity index (χ1n) is 6.64. The Bertz CT molecular complexity index is 496. The number of nitrogens with zero attached hydrogens (tertiary/aromatic N) is 2. The zero-order chi connectivity index (χ0) is 13.7. The van der Waals surface area contributed by atoms with Gasteiger partial charge >= 0.3 is 0 Å². The van der Waals surface area contributed by atoms with Gasteiger partial charge < -0.3 is 9.84 Å². The average Bonchev–Trinajstić information content (AvgIpc) is 2.93. The van der Waals surface area contributed by atoms with Gasteiger partial charge in [-0.3, -0.25) is 4.68 Å². The fourth-order valence-electron chi connectivity index (χ4n) is 2.21. The van der Waals surface area contributed by atoms with E-state index in [-0.39, 0.29) is 6.10 Å². The van der Waals surface area contributed by atoms with Crippen molar-refractivity contribution in [1.29, 1.82) is 0 Å². The van der Waals surface area contributed by atoms with Crippen molar-refractivity contribution < 1.29 is 9.84 Å². The molecular formula is C15H20N2O2. The Morgan fingerprint density at radius 1 is 1.21 bits per heavy atom. The summed E-state index contributed by atoms with van der Waals surface area (Å²) >= 11 is 0. The lowest BCUT2D eigenvalue weighted by atomic mass is 10.0. The molecule has 4 heteroatoms. The molecular weight excluding hydrogens is 240 g/mol. The first kappa shape index (κ1) is 13.8. The second kappa shape index (κ2) is 6.50. The van der Waals surface area contributed by atoms with E-state index in [4.69, 9.17) is 4.74 Å². The topological polar surface area (TPSA) is 47.3 Å². The van der Waals surface area contributed by atoms with Crippen LogP contribution in [-0.4, -0.2) is 21.5 Å². The lowest BCUT2D eigenvalue weighted by Crippen LogP contribution is -2.18. The maximum absolute atomic E-state index is 10.6. The molecule has 0 amide bonds. The van der Waals surface area contributed by atoms with Gasteiger partial charge in [-0.25, -0.2) is 0 Å². The Kier molecular flexibility index (Phi) is 4.71. The molecule has 2 atom stereocenters. The van der Waals surface area contributed by atoms with E-state index < -0.39 is 6.10 Å². The number of ether oxygens (including phenoxy) is 1. The molecule has 0 spiro atoms. The zero-order valence-electron chi connectivity index (χ0n) is 11.4. The summed E-state index contributed by atoms with van der Waals surface area (Å²) in [6.07, 6.45) is 0.619. The van der Waals surface area contributed by atoms with Crippen molar-refractivity contribution in [3.05, 3.63) is 53.9 Å². The van der Waals surface area contributed by atoms with Crippen LogP contribution in [0.15, 0.2) is 42.6 Å². The molecule has 0 saturated heterocycles. The Balaban J connectivity index is 2.29. The SMILES string of the molecule is CCOC(c1ccccc1)C(O)c1ccnn1CC. The first-order chi connectivity index (χ1) is 9.27. The molecule has 1 N–H and O–H groups in total. The molecule has 2 unspecified atom stereocenters. The molecule has 0 radical (unpaired) electrons. The Morgan fingerprint density at radius 3 is 2.58 bits per heavy atom.